The molecule has 4 fully saturated rings. The minimum atomic E-state index is -0.0815. The van der Waals surface area contributed by atoms with Gasteiger partial charge < -0.3 is 5.11 Å². The van der Waals surface area contributed by atoms with Crippen molar-refractivity contribution in [3.05, 3.63) is 0 Å². The highest BCUT2D eigenvalue weighted by Gasteiger charge is 2.60. The Balaban J connectivity index is 1.66. The van der Waals surface area contributed by atoms with Gasteiger partial charge in [-0.15, -0.1) is 0 Å². The summed E-state index contributed by atoms with van der Waals surface area (Å²) < 4.78 is 0. The van der Waals surface area contributed by atoms with E-state index < -0.39 is 0 Å². The Morgan fingerprint density at radius 2 is 1.71 bits per heavy atom. The molecule has 118 valence electrons. The van der Waals surface area contributed by atoms with E-state index in [-0.39, 0.29) is 16.9 Å². The summed E-state index contributed by atoms with van der Waals surface area (Å²) in [5.41, 5.74) is 0.441. The minimum Gasteiger partial charge on any atom is -0.393 e. The van der Waals surface area contributed by atoms with Crippen molar-refractivity contribution in [2.45, 2.75) is 77.7 Å². The van der Waals surface area contributed by atoms with Gasteiger partial charge in [0, 0.05) is 12.8 Å². The molecule has 7 atom stereocenters. The third-order valence-electron chi connectivity index (χ3n) is 8.36. The summed E-state index contributed by atoms with van der Waals surface area (Å²) in [4.78, 5) is 12.1. The van der Waals surface area contributed by atoms with Gasteiger partial charge in [-0.3, -0.25) is 4.79 Å². The highest BCUT2D eigenvalue weighted by Crippen LogP contribution is 2.65. The molecule has 0 aromatic heterocycles. The van der Waals surface area contributed by atoms with Crippen LogP contribution in [0.1, 0.15) is 71.6 Å². The van der Waals surface area contributed by atoms with Gasteiger partial charge in [0.25, 0.3) is 0 Å². The zero-order chi connectivity index (χ0) is 14.8. The Morgan fingerprint density at radius 1 is 0.952 bits per heavy atom. The Labute approximate surface area is 128 Å². The number of aliphatic hydroxyl groups excluding tert-OH is 1. The molecule has 0 saturated heterocycles. The molecule has 0 spiro atoms. The molecule has 2 nitrogen and oxygen atoms in total. The molecule has 4 aliphatic rings. The summed E-state index contributed by atoms with van der Waals surface area (Å²) in [7, 11) is 0. The average Bonchev–Trinajstić information content (AvgIpc) is 2.74. The molecule has 0 bridgehead atoms. The number of ketones is 1. The van der Waals surface area contributed by atoms with Gasteiger partial charge in [-0.2, -0.15) is 0 Å². The molecule has 4 rings (SSSR count). The first kappa shape index (κ1) is 14.2. The summed E-state index contributed by atoms with van der Waals surface area (Å²) in [6.07, 6.45) is 10.1. The molecule has 0 heterocycles. The van der Waals surface area contributed by atoms with Gasteiger partial charge in [0.05, 0.1) is 6.10 Å². The maximum absolute atomic E-state index is 12.1. The van der Waals surface area contributed by atoms with Crippen LogP contribution in [-0.4, -0.2) is 17.0 Å². The van der Waals surface area contributed by atoms with Crippen molar-refractivity contribution in [1.82, 2.24) is 0 Å². The van der Waals surface area contributed by atoms with Crippen molar-refractivity contribution >= 4 is 5.78 Å². The smallest absolute Gasteiger partial charge is 0.133 e. The maximum Gasteiger partial charge on any atom is 0.133 e. The van der Waals surface area contributed by atoms with E-state index in [1.54, 1.807) is 0 Å². The van der Waals surface area contributed by atoms with Crippen molar-refractivity contribution in [1.29, 1.82) is 0 Å². The number of aliphatic hydroxyl groups is 1. The summed E-state index contributed by atoms with van der Waals surface area (Å²) >= 11 is 0. The predicted octanol–water partition coefficient (Wildman–Crippen LogP) is 3.96. The lowest BCUT2D eigenvalue weighted by atomic mass is 9.45. The number of carbonyl (C=O) groups is 1. The number of Topliss-reactive ketones (excluding diaryl/α,β-unsaturated/α-hetero) is 1. The van der Waals surface area contributed by atoms with Crippen LogP contribution in [0.3, 0.4) is 0 Å². The van der Waals surface area contributed by atoms with Crippen LogP contribution in [0, 0.1) is 34.5 Å². The van der Waals surface area contributed by atoms with Gasteiger partial charge in [-0.25, -0.2) is 0 Å². The van der Waals surface area contributed by atoms with Crippen molar-refractivity contribution in [2.75, 3.05) is 0 Å². The SMILES string of the molecule is C[C@]12CC(=O)CCC1CC[C@@H]1[C@@H]2CC[C@]2(C)C(O)CC[C@@H]12. The number of rotatable bonds is 0. The highest BCUT2D eigenvalue weighted by molar-refractivity contribution is 5.80. The van der Waals surface area contributed by atoms with Gasteiger partial charge >= 0.3 is 0 Å². The molecule has 2 heteroatoms. The Morgan fingerprint density at radius 3 is 2.52 bits per heavy atom. The van der Waals surface area contributed by atoms with E-state index in [1.807, 2.05) is 0 Å². The van der Waals surface area contributed by atoms with Crippen LogP contribution in [0.2, 0.25) is 0 Å². The summed E-state index contributed by atoms with van der Waals surface area (Å²) in [5, 5.41) is 10.5. The van der Waals surface area contributed by atoms with Crippen LogP contribution >= 0.6 is 0 Å². The third kappa shape index (κ3) is 1.84. The molecule has 0 amide bonds. The number of hydrogen-bond donors (Lipinski definition) is 1. The largest absolute Gasteiger partial charge is 0.393 e. The summed E-state index contributed by atoms with van der Waals surface area (Å²) in [6, 6.07) is 0. The molecule has 0 aromatic rings. The third-order valence-corrected chi connectivity index (χ3v) is 8.36. The fourth-order valence-electron chi connectivity index (χ4n) is 7.11. The average molecular weight is 290 g/mol. The summed E-state index contributed by atoms with van der Waals surface area (Å²) in [5.74, 6) is 3.51. The van der Waals surface area contributed by atoms with E-state index >= 15 is 0 Å². The topological polar surface area (TPSA) is 37.3 Å². The van der Waals surface area contributed by atoms with Gasteiger partial charge in [0.2, 0.25) is 0 Å². The molecule has 2 unspecified atom stereocenters. The van der Waals surface area contributed by atoms with Crippen LogP contribution in [0.4, 0.5) is 0 Å². The van der Waals surface area contributed by atoms with Crippen LogP contribution in [0.15, 0.2) is 0 Å². The second kappa shape index (κ2) is 4.57. The lowest BCUT2D eigenvalue weighted by molar-refractivity contribution is -0.144. The quantitative estimate of drug-likeness (QED) is 0.733. The Bertz CT molecular complexity index is 458. The lowest BCUT2D eigenvalue weighted by Crippen LogP contribution is -2.54. The molecule has 0 aromatic carbocycles. The van der Waals surface area contributed by atoms with Crippen molar-refractivity contribution in [2.24, 2.45) is 34.5 Å². The molecule has 0 radical (unpaired) electrons. The van der Waals surface area contributed by atoms with E-state index in [4.69, 9.17) is 0 Å². The van der Waals surface area contributed by atoms with Crippen molar-refractivity contribution < 1.29 is 9.90 Å². The van der Waals surface area contributed by atoms with Gasteiger partial charge in [-0.05, 0) is 79.4 Å². The standard InChI is InChI=1S/C19H30O2/c1-18-10-9-16-14(15(18)7-8-17(18)21)6-4-12-3-5-13(20)11-19(12,16)2/h12,14-17,21H,3-11H2,1-2H3/t12?,14-,15-,16-,17?,18-,19-/m0/s1. The number of hydrogen-bond acceptors (Lipinski definition) is 2. The second-order valence-corrected chi connectivity index (χ2v) is 9.05. The van der Waals surface area contributed by atoms with E-state index in [9.17, 15) is 9.90 Å². The maximum atomic E-state index is 12.1. The van der Waals surface area contributed by atoms with E-state index in [1.165, 1.54) is 32.1 Å². The van der Waals surface area contributed by atoms with Crippen LogP contribution in [0.5, 0.6) is 0 Å². The first-order valence-electron chi connectivity index (χ1n) is 9.15. The van der Waals surface area contributed by atoms with Crippen LogP contribution in [-0.2, 0) is 4.79 Å². The molecule has 4 saturated carbocycles. The zero-order valence-electron chi connectivity index (χ0n) is 13.6. The summed E-state index contributed by atoms with van der Waals surface area (Å²) in [6.45, 7) is 4.77. The first-order chi connectivity index (χ1) is 9.95. The first-order valence-corrected chi connectivity index (χ1v) is 9.15. The fraction of sp³-hybridized carbons (Fsp3) is 0.947. The highest BCUT2D eigenvalue weighted by atomic mass is 16.3. The lowest BCUT2D eigenvalue weighted by Gasteiger charge is -2.59. The molecule has 1 N–H and O–H groups in total. The molecule has 21 heavy (non-hydrogen) atoms. The van der Waals surface area contributed by atoms with Gasteiger partial charge in [0.1, 0.15) is 5.78 Å². The molecule has 4 aliphatic carbocycles. The Hall–Kier alpha value is -0.370. The molecule has 0 aliphatic heterocycles. The number of carbonyl (C=O) groups excluding carboxylic acids is 1. The monoisotopic (exact) mass is 290 g/mol. The second-order valence-electron chi connectivity index (χ2n) is 9.05. The van der Waals surface area contributed by atoms with Crippen molar-refractivity contribution in [3.8, 4) is 0 Å². The zero-order valence-corrected chi connectivity index (χ0v) is 13.6. The minimum absolute atomic E-state index is 0.0815. The fourth-order valence-corrected chi connectivity index (χ4v) is 7.11. The van der Waals surface area contributed by atoms with E-state index in [2.05, 4.69) is 13.8 Å². The predicted molar refractivity (Wildman–Crippen MR) is 82.7 cm³/mol. The van der Waals surface area contributed by atoms with Gasteiger partial charge in [0.15, 0.2) is 0 Å². The Kier molecular flexibility index (Phi) is 3.10. The van der Waals surface area contributed by atoms with Gasteiger partial charge in [-0.1, -0.05) is 13.8 Å². The number of fused-ring (bicyclic) bond motifs is 5. The van der Waals surface area contributed by atoms with Crippen LogP contribution < -0.4 is 0 Å². The van der Waals surface area contributed by atoms with E-state index in [0.29, 0.717) is 11.7 Å². The van der Waals surface area contributed by atoms with Crippen molar-refractivity contribution in [3.63, 3.8) is 0 Å². The molecular weight excluding hydrogens is 260 g/mol. The normalized spacial score (nSPS) is 56.5. The van der Waals surface area contributed by atoms with Crippen LogP contribution in [0.25, 0.3) is 0 Å². The molecular formula is C19H30O2. The van der Waals surface area contributed by atoms with E-state index in [0.717, 1.165) is 43.4 Å².